The van der Waals surface area contributed by atoms with Crippen LogP contribution in [0, 0.1) is 10.5 Å². The van der Waals surface area contributed by atoms with Gasteiger partial charge in [0.15, 0.2) is 5.82 Å². The van der Waals surface area contributed by atoms with Crippen molar-refractivity contribution in [1.29, 1.82) is 0 Å². The highest BCUT2D eigenvalue weighted by molar-refractivity contribution is 14.1. The van der Waals surface area contributed by atoms with Gasteiger partial charge in [0.25, 0.3) is 0 Å². The molecule has 0 unspecified atom stereocenters. The minimum atomic E-state index is 0.757. The maximum atomic E-state index is 4.73. The van der Waals surface area contributed by atoms with Gasteiger partial charge >= 0.3 is 0 Å². The Morgan fingerprint density at radius 1 is 1.29 bits per heavy atom. The number of rotatable bonds is 5. The Morgan fingerprint density at radius 2 is 2.10 bits per heavy atom. The van der Waals surface area contributed by atoms with Crippen LogP contribution in [0.15, 0.2) is 24.3 Å². The molecular weight excluding hydrogens is 373 g/mol. The van der Waals surface area contributed by atoms with Crippen LogP contribution in [0.2, 0.25) is 0 Å². The summed E-state index contributed by atoms with van der Waals surface area (Å²) in [5.74, 6) is 2.54. The lowest BCUT2D eigenvalue weighted by atomic mass is 10.1. The first-order valence-corrected chi connectivity index (χ1v) is 8.65. The van der Waals surface area contributed by atoms with E-state index in [4.69, 9.17) is 4.98 Å². The number of nitrogens with one attached hydrogen (secondary N) is 1. The summed E-state index contributed by atoms with van der Waals surface area (Å²) in [7, 11) is 0. The summed E-state index contributed by atoms with van der Waals surface area (Å²) in [6.07, 6.45) is 3.73. The van der Waals surface area contributed by atoms with Gasteiger partial charge in [-0.05, 0) is 66.3 Å². The fourth-order valence-electron chi connectivity index (χ4n) is 2.40. The van der Waals surface area contributed by atoms with Gasteiger partial charge in [0.05, 0.1) is 9.26 Å². The van der Waals surface area contributed by atoms with E-state index in [0.717, 1.165) is 45.4 Å². The van der Waals surface area contributed by atoms with Crippen molar-refractivity contribution in [1.82, 2.24) is 9.97 Å². The number of aryl methyl sites for hydroxylation is 1. The zero-order valence-electron chi connectivity index (χ0n) is 12.5. The Balaban J connectivity index is 1.97. The van der Waals surface area contributed by atoms with Crippen LogP contribution in [0.25, 0.3) is 11.4 Å². The molecule has 1 aliphatic rings. The third-order valence-electron chi connectivity index (χ3n) is 3.75. The van der Waals surface area contributed by atoms with E-state index in [-0.39, 0.29) is 0 Å². The molecule has 21 heavy (non-hydrogen) atoms. The number of benzene rings is 1. The number of hydrogen-bond acceptors (Lipinski definition) is 3. The Hall–Kier alpha value is -1.17. The number of anilines is 1. The van der Waals surface area contributed by atoms with Crippen LogP contribution < -0.4 is 5.32 Å². The lowest BCUT2D eigenvalue weighted by Gasteiger charge is -2.11. The second-order valence-corrected chi connectivity index (χ2v) is 6.70. The molecule has 1 saturated carbocycles. The normalized spacial score (nSPS) is 14.2. The van der Waals surface area contributed by atoms with E-state index in [1.54, 1.807) is 0 Å². The Morgan fingerprint density at radius 3 is 2.81 bits per heavy atom. The highest BCUT2D eigenvalue weighted by atomic mass is 127. The average Bonchev–Trinajstić information content (AvgIpc) is 3.33. The zero-order chi connectivity index (χ0) is 14.8. The summed E-state index contributed by atoms with van der Waals surface area (Å²) >= 11 is 2.32. The van der Waals surface area contributed by atoms with Gasteiger partial charge in [-0.1, -0.05) is 25.1 Å². The van der Waals surface area contributed by atoms with Gasteiger partial charge in [0, 0.05) is 12.1 Å². The minimum Gasteiger partial charge on any atom is -0.369 e. The molecular formula is C17H20IN3. The van der Waals surface area contributed by atoms with Gasteiger partial charge in [-0.3, -0.25) is 0 Å². The first-order chi connectivity index (χ1) is 10.2. The van der Waals surface area contributed by atoms with Crippen molar-refractivity contribution in [3.63, 3.8) is 0 Å². The Labute approximate surface area is 139 Å². The Kier molecular flexibility index (Phi) is 4.42. The molecule has 1 fully saturated rings. The molecule has 0 atom stereocenters. The van der Waals surface area contributed by atoms with Gasteiger partial charge < -0.3 is 5.32 Å². The first-order valence-electron chi connectivity index (χ1n) is 7.57. The lowest BCUT2D eigenvalue weighted by molar-refractivity contribution is 0.958. The predicted octanol–water partition coefficient (Wildman–Crippen LogP) is 4.76. The van der Waals surface area contributed by atoms with Crippen molar-refractivity contribution in [2.45, 2.75) is 39.0 Å². The maximum Gasteiger partial charge on any atom is 0.161 e. The van der Waals surface area contributed by atoms with Crippen LogP contribution in [-0.2, 0) is 0 Å². The van der Waals surface area contributed by atoms with Crippen LogP contribution in [0.4, 0.5) is 5.82 Å². The molecule has 1 aromatic heterocycles. The second-order valence-electron chi connectivity index (χ2n) is 5.62. The quantitative estimate of drug-likeness (QED) is 0.745. The highest BCUT2D eigenvalue weighted by Gasteiger charge is 2.23. The van der Waals surface area contributed by atoms with Crippen LogP contribution in [0.5, 0.6) is 0 Å². The maximum absolute atomic E-state index is 4.73. The molecule has 1 aliphatic carbocycles. The molecule has 3 rings (SSSR count). The first kappa shape index (κ1) is 14.8. The zero-order valence-corrected chi connectivity index (χ0v) is 14.6. The van der Waals surface area contributed by atoms with Crippen molar-refractivity contribution in [2.75, 3.05) is 11.9 Å². The molecule has 110 valence electrons. The Bertz CT molecular complexity index is 650. The third kappa shape index (κ3) is 3.36. The van der Waals surface area contributed by atoms with E-state index in [9.17, 15) is 0 Å². The highest BCUT2D eigenvalue weighted by Crippen LogP contribution is 2.41. The lowest BCUT2D eigenvalue weighted by Crippen LogP contribution is -2.07. The van der Waals surface area contributed by atoms with Gasteiger partial charge in [-0.2, -0.15) is 0 Å². The average molecular weight is 393 g/mol. The van der Waals surface area contributed by atoms with Crippen molar-refractivity contribution >= 4 is 28.4 Å². The predicted molar refractivity (Wildman–Crippen MR) is 95.7 cm³/mol. The summed E-state index contributed by atoms with van der Waals surface area (Å²) in [6, 6.07) is 8.70. The molecule has 0 spiro atoms. The second kappa shape index (κ2) is 6.30. The summed E-state index contributed by atoms with van der Waals surface area (Å²) in [6.45, 7) is 5.15. The fraction of sp³-hybridized carbons (Fsp3) is 0.412. The SMILES string of the molecule is CCCNc1nc(-c2cccc(C3CC3)c2)nc(C)c1I. The number of hydrogen-bond donors (Lipinski definition) is 1. The van der Waals surface area contributed by atoms with Crippen molar-refractivity contribution in [3.05, 3.63) is 39.1 Å². The van der Waals surface area contributed by atoms with Gasteiger partial charge in [-0.25, -0.2) is 9.97 Å². The van der Waals surface area contributed by atoms with Crippen molar-refractivity contribution < 1.29 is 0 Å². The van der Waals surface area contributed by atoms with Crippen LogP contribution in [0.1, 0.15) is 43.4 Å². The monoisotopic (exact) mass is 393 g/mol. The van der Waals surface area contributed by atoms with Crippen LogP contribution >= 0.6 is 22.6 Å². The number of halogens is 1. The van der Waals surface area contributed by atoms with Gasteiger partial charge in [-0.15, -0.1) is 0 Å². The van der Waals surface area contributed by atoms with E-state index in [2.05, 4.69) is 71.0 Å². The molecule has 0 aliphatic heterocycles. The molecule has 1 heterocycles. The molecule has 3 nitrogen and oxygen atoms in total. The van der Waals surface area contributed by atoms with E-state index in [1.807, 2.05) is 0 Å². The number of nitrogens with zero attached hydrogens (tertiary/aromatic N) is 2. The summed E-state index contributed by atoms with van der Waals surface area (Å²) < 4.78 is 1.11. The van der Waals surface area contributed by atoms with Crippen LogP contribution in [0.3, 0.4) is 0 Å². The van der Waals surface area contributed by atoms with E-state index in [0.29, 0.717) is 0 Å². The standard InChI is InChI=1S/C17H20IN3/c1-3-9-19-17-15(18)11(2)20-16(21-17)14-6-4-5-13(10-14)12-7-8-12/h4-6,10,12H,3,7-9H2,1-2H3,(H,19,20,21). The molecule has 2 aromatic rings. The van der Waals surface area contributed by atoms with Crippen LogP contribution in [-0.4, -0.2) is 16.5 Å². The van der Waals surface area contributed by atoms with E-state index in [1.165, 1.54) is 18.4 Å². The number of aromatic nitrogens is 2. The van der Waals surface area contributed by atoms with Gasteiger partial charge in [0.2, 0.25) is 0 Å². The molecule has 4 heteroatoms. The van der Waals surface area contributed by atoms with Gasteiger partial charge in [0.1, 0.15) is 5.82 Å². The summed E-state index contributed by atoms with van der Waals surface area (Å²) in [5.41, 5.74) is 3.59. The minimum absolute atomic E-state index is 0.757. The smallest absolute Gasteiger partial charge is 0.161 e. The largest absolute Gasteiger partial charge is 0.369 e. The summed E-state index contributed by atoms with van der Waals surface area (Å²) in [5, 5.41) is 3.40. The fourth-order valence-corrected chi connectivity index (χ4v) is 2.83. The third-order valence-corrected chi connectivity index (χ3v) is 5.04. The topological polar surface area (TPSA) is 37.8 Å². The molecule has 1 N–H and O–H groups in total. The van der Waals surface area contributed by atoms with Crippen molar-refractivity contribution in [3.8, 4) is 11.4 Å². The molecule has 0 radical (unpaired) electrons. The summed E-state index contributed by atoms with van der Waals surface area (Å²) in [4.78, 5) is 9.41. The molecule has 0 bridgehead atoms. The van der Waals surface area contributed by atoms with E-state index >= 15 is 0 Å². The van der Waals surface area contributed by atoms with E-state index < -0.39 is 0 Å². The van der Waals surface area contributed by atoms with Crippen molar-refractivity contribution in [2.24, 2.45) is 0 Å². The molecule has 0 saturated heterocycles. The molecule has 0 amide bonds. The molecule has 1 aromatic carbocycles.